The summed E-state index contributed by atoms with van der Waals surface area (Å²) in [5.41, 5.74) is 0. The van der Waals surface area contributed by atoms with E-state index >= 15 is 0 Å². The molecule has 0 amide bonds. The summed E-state index contributed by atoms with van der Waals surface area (Å²) in [6, 6.07) is 0. The molecule has 1 heterocycles. The maximum absolute atomic E-state index is 13.0. The second-order valence-corrected chi connectivity index (χ2v) is 7.51. The van der Waals surface area contributed by atoms with Gasteiger partial charge in [0, 0.05) is 13.5 Å². The van der Waals surface area contributed by atoms with Gasteiger partial charge in [0.2, 0.25) is 4.75 Å². The molecule has 0 spiro atoms. The first-order chi connectivity index (χ1) is 9.04. The third-order valence-electron chi connectivity index (χ3n) is 3.30. The van der Waals surface area contributed by atoms with E-state index in [0.717, 1.165) is 12.8 Å². The number of methoxy groups -OCH3 is 1. The lowest BCUT2D eigenvalue weighted by Gasteiger charge is -2.34. The van der Waals surface area contributed by atoms with E-state index in [1.807, 2.05) is 6.92 Å². The number of ether oxygens (including phenoxy) is 1. The van der Waals surface area contributed by atoms with Crippen LogP contribution < -0.4 is 0 Å². The van der Waals surface area contributed by atoms with Gasteiger partial charge in [0.15, 0.2) is 0 Å². The van der Waals surface area contributed by atoms with Gasteiger partial charge >= 0.3 is 12.4 Å². The number of hydrogen-bond acceptors (Lipinski definition) is 3. The summed E-state index contributed by atoms with van der Waals surface area (Å²) in [5.74, 6) is 0. The molecule has 1 aliphatic heterocycles. The van der Waals surface area contributed by atoms with Crippen LogP contribution in [0.4, 0.5) is 26.3 Å². The molecular weight excluding hydrogens is 326 g/mol. The van der Waals surface area contributed by atoms with Crippen LogP contribution in [0.5, 0.6) is 0 Å². The van der Waals surface area contributed by atoms with Gasteiger partial charge in [-0.2, -0.15) is 26.3 Å². The van der Waals surface area contributed by atoms with Gasteiger partial charge in [0.05, 0.1) is 0 Å². The Kier molecular flexibility index (Phi) is 5.63. The smallest absolute Gasteiger partial charge is 0.367 e. The molecule has 120 valence electrons. The van der Waals surface area contributed by atoms with Crippen molar-refractivity contribution in [3.63, 3.8) is 0 Å². The summed E-state index contributed by atoms with van der Waals surface area (Å²) in [4.78, 5) is -1.43. The molecule has 0 bridgehead atoms. The number of hydrogen-bond donors (Lipinski definition) is 0. The zero-order valence-electron chi connectivity index (χ0n) is 11.0. The molecule has 0 aromatic rings. The zero-order valence-corrected chi connectivity index (χ0v) is 12.7. The van der Waals surface area contributed by atoms with E-state index in [0.29, 0.717) is 17.2 Å². The van der Waals surface area contributed by atoms with Gasteiger partial charge in [0.25, 0.3) is 0 Å². The van der Waals surface area contributed by atoms with Crippen LogP contribution in [0.1, 0.15) is 39.0 Å². The maximum Gasteiger partial charge on any atom is 0.413 e. The predicted molar refractivity (Wildman–Crippen MR) is 68.5 cm³/mol. The monoisotopic (exact) mass is 342 g/mol. The minimum Gasteiger partial charge on any atom is -0.367 e. The van der Waals surface area contributed by atoms with Crippen molar-refractivity contribution in [2.45, 2.75) is 61.1 Å². The quantitative estimate of drug-likeness (QED) is 0.368. The maximum atomic E-state index is 13.0. The molecule has 1 rings (SSSR count). The molecule has 1 unspecified atom stereocenters. The van der Waals surface area contributed by atoms with Gasteiger partial charge in [0.1, 0.15) is 4.93 Å². The van der Waals surface area contributed by atoms with E-state index in [9.17, 15) is 26.3 Å². The first-order valence-electron chi connectivity index (χ1n) is 6.09. The number of alkyl halides is 6. The largest absolute Gasteiger partial charge is 0.413 e. The van der Waals surface area contributed by atoms with Crippen molar-refractivity contribution in [2.75, 3.05) is 7.11 Å². The van der Waals surface area contributed by atoms with E-state index < -0.39 is 28.5 Å². The number of rotatable bonds is 5. The minimum absolute atomic E-state index is 0.165. The molecule has 0 saturated carbocycles. The lowest BCUT2D eigenvalue weighted by molar-refractivity contribution is -0.270. The van der Waals surface area contributed by atoms with Crippen LogP contribution in [-0.2, 0) is 4.74 Å². The highest BCUT2D eigenvalue weighted by atomic mass is 33.1. The van der Waals surface area contributed by atoms with E-state index in [4.69, 9.17) is 4.74 Å². The second-order valence-electron chi connectivity index (χ2n) is 4.74. The summed E-state index contributed by atoms with van der Waals surface area (Å²) < 4.78 is 79.1. The Labute approximate surface area is 121 Å². The van der Waals surface area contributed by atoms with E-state index in [-0.39, 0.29) is 17.2 Å². The van der Waals surface area contributed by atoms with Crippen LogP contribution in [0.2, 0.25) is 0 Å². The van der Waals surface area contributed by atoms with Crippen molar-refractivity contribution in [3.05, 3.63) is 0 Å². The fraction of sp³-hybridized carbons (Fsp3) is 1.00. The highest BCUT2D eigenvalue weighted by Crippen LogP contribution is 2.69. The molecule has 1 saturated heterocycles. The molecule has 0 radical (unpaired) electrons. The number of unbranched alkanes of at least 4 members (excludes halogenated alkanes) is 2. The van der Waals surface area contributed by atoms with E-state index in [1.165, 1.54) is 7.11 Å². The van der Waals surface area contributed by atoms with Crippen LogP contribution in [0, 0.1) is 0 Å². The summed E-state index contributed by atoms with van der Waals surface area (Å²) in [6.45, 7) is 1.91. The molecule has 1 atom stereocenters. The molecule has 1 fully saturated rings. The molecule has 1 nitrogen and oxygen atoms in total. The van der Waals surface area contributed by atoms with Gasteiger partial charge in [-0.05, 0) is 12.8 Å². The lowest BCUT2D eigenvalue weighted by Crippen LogP contribution is -2.54. The Bertz CT molecular complexity index is 316. The van der Waals surface area contributed by atoms with Crippen molar-refractivity contribution >= 4 is 21.6 Å². The van der Waals surface area contributed by atoms with Gasteiger partial charge in [-0.25, -0.2) is 0 Å². The van der Waals surface area contributed by atoms with Crippen LogP contribution in [0.25, 0.3) is 0 Å². The van der Waals surface area contributed by atoms with Crippen LogP contribution >= 0.6 is 21.6 Å². The molecule has 1 aliphatic rings. The molecule has 0 aromatic heterocycles. The lowest BCUT2D eigenvalue weighted by atomic mass is 9.95. The summed E-state index contributed by atoms with van der Waals surface area (Å²) in [5, 5.41) is 0. The standard InChI is InChI=1S/C11H16F6OS2/c1-3-4-5-6-8(18-2)7-9(20-19-8,10(12,13)14)11(15,16)17/h3-7H2,1-2H3. The average Bonchev–Trinajstić information content (AvgIpc) is 2.70. The topological polar surface area (TPSA) is 9.23 Å². The zero-order chi connectivity index (χ0) is 15.7. The minimum atomic E-state index is -5.35. The van der Waals surface area contributed by atoms with Crippen molar-refractivity contribution in [1.82, 2.24) is 0 Å². The Hall–Kier alpha value is 0.240. The van der Waals surface area contributed by atoms with Gasteiger partial charge in [-0.1, -0.05) is 41.4 Å². The van der Waals surface area contributed by atoms with Crippen molar-refractivity contribution < 1.29 is 31.1 Å². The van der Waals surface area contributed by atoms with Crippen molar-refractivity contribution in [2.24, 2.45) is 0 Å². The SMILES string of the molecule is CCCCCC1(OC)CC(C(F)(F)F)(C(F)(F)F)SS1. The van der Waals surface area contributed by atoms with Crippen molar-refractivity contribution in [3.8, 4) is 0 Å². The first kappa shape index (κ1) is 18.3. The van der Waals surface area contributed by atoms with E-state index in [1.54, 1.807) is 0 Å². The number of halogens is 6. The van der Waals surface area contributed by atoms with Crippen LogP contribution in [-0.4, -0.2) is 29.1 Å². The van der Waals surface area contributed by atoms with Gasteiger partial charge < -0.3 is 4.74 Å². The normalized spacial score (nSPS) is 27.0. The van der Waals surface area contributed by atoms with Gasteiger partial charge in [-0.3, -0.25) is 0 Å². The van der Waals surface area contributed by atoms with Crippen LogP contribution in [0.3, 0.4) is 0 Å². The highest BCUT2D eigenvalue weighted by molar-refractivity contribution is 8.78. The first-order valence-corrected chi connectivity index (χ1v) is 8.24. The molecular formula is C11H16F6OS2. The van der Waals surface area contributed by atoms with Crippen LogP contribution in [0.15, 0.2) is 0 Å². The Morgan fingerprint density at radius 1 is 1.00 bits per heavy atom. The molecule has 0 aromatic carbocycles. The Balaban J connectivity index is 2.98. The summed E-state index contributed by atoms with van der Waals surface area (Å²) in [7, 11) is 1.56. The second kappa shape index (κ2) is 6.16. The Morgan fingerprint density at radius 3 is 1.90 bits per heavy atom. The summed E-state index contributed by atoms with van der Waals surface area (Å²) in [6.07, 6.45) is -9.49. The summed E-state index contributed by atoms with van der Waals surface area (Å²) >= 11 is 0. The average molecular weight is 342 g/mol. The fourth-order valence-corrected chi connectivity index (χ4v) is 5.72. The predicted octanol–water partition coefficient (Wildman–Crippen LogP) is 5.56. The fourth-order valence-electron chi connectivity index (χ4n) is 2.02. The highest BCUT2D eigenvalue weighted by Gasteiger charge is 2.76. The van der Waals surface area contributed by atoms with Crippen molar-refractivity contribution in [1.29, 1.82) is 0 Å². The molecule has 9 heteroatoms. The molecule has 20 heavy (non-hydrogen) atoms. The Morgan fingerprint density at radius 2 is 1.55 bits per heavy atom. The van der Waals surface area contributed by atoms with E-state index in [2.05, 4.69) is 0 Å². The van der Waals surface area contributed by atoms with Gasteiger partial charge in [-0.15, -0.1) is 0 Å². The molecule has 0 aliphatic carbocycles. The third kappa shape index (κ3) is 3.35. The molecule has 0 N–H and O–H groups in total. The third-order valence-corrected chi connectivity index (χ3v) is 7.11.